The Morgan fingerprint density at radius 2 is 1.96 bits per heavy atom. The molecule has 0 aliphatic heterocycles. The molecule has 8 nitrogen and oxygen atoms in total. The van der Waals surface area contributed by atoms with Crippen molar-refractivity contribution in [2.45, 2.75) is 26.1 Å². The van der Waals surface area contributed by atoms with Crippen molar-refractivity contribution in [3.63, 3.8) is 0 Å². The van der Waals surface area contributed by atoms with Gasteiger partial charge in [-0.2, -0.15) is 13.9 Å². The third-order valence-corrected chi connectivity index (χ3v) is 3.90. The van der Waals surface area contributed by atoms with Gasteiger partial charge < -0.3 is 9.26 Å². The number of nitrogens with zero attached hydrogens (tertiary/aromatic N) is 5. The third-order valence-electron chi connectivity index (χ3n) is 3.73. The monoisotopic (exact) mass is 395 g/mol. The van der Waals surface area contributed by atoms with Crippen LogP contribution in [0.25, 0.3) is 11.3 Å². The maximum Gasteiger partial charge on any atom is 0.316 e. The van der Waals surface area contributed by atoms with E-state index in [9.17, 15) is 13.6 Å². The van der Waals surface area contributed by atoms with Gasteiger partial charge in [0.15, 0.2) is 12.4 Å². The lowest BCUT2D eigenvalue weighted by molar-refractivity contribution is 0.0422. The van der Waals surface area contributed by atoms with Gasteiger partial charge in [0.05, 0.1) is 11.4 Å². The van der Waals surface area contributed by atoms with E-state index in [1.54, 1.807) is 0 Å². The molecule has 0 saturated carbocycles. The zero-order valence-corrected chi connectivity index (χ0v) is 15.7. The Morgan fingerprint density at radius 3 is 2.56 bits per heavy atom. The molecule has 142 valence electrons. The van der Waals surface area contributed by atoms with Gasteiger partial charge in [0, 0.05) is 29.6 Å². The zero-order valence-electron chi connectivity index (χ0n) is 14.5. The van der Waals surface area contributed by atoms with Crippen molar-refractivity contribution in [1.82, 2.24) is 24.9 Å². The summed E-state index contributed by atoms with van der Waals surface area (Å²) in [6.07, 6.45) is 2.76. The summed E-state index contributed by atoms with van der Waals surface area (Å²) in [4.78, 5) is 19.8. The van der Waals surface area contributed by atoms with Gasteiger partial charge in [0.1, 0.15) is 6.54 Å². The highest BCUT2D eigenvalue weighted by Crippen LogP contribution is 2.22. The number of ether oxygens (including phenoxy) is 1. The quantitative estimate of drug-likeness (QED) is 0.591. The van der Waals surface area contributed by atoms with Crippen LogP contribution in [0.5, 0.6) is 6.01 Å². The highest BCUT2D eigenvalue weighted by atomic mass is 31.0. The highest BCUT2D eigenvalue weighted by molar-refractivity contribution is 7.18. The lowest BCUT2D eigenvalue weighted by Crippen LogP contribution is -2.23. The van der Waals surface area contributed by atoms with E-state index in [1.807, 2.05) is 13.8 Å². The van der Waals surface area contributed by atoms with E-state index < -0.39 is 12.3 Å². The molecular formula is C16H16F2N5O3P. The normalized spacial score (nSPS) is 11.6. The van der Waals surface area contributed by atoms with Crippen LogP contribution < -0.4 is 10.3 Å². The van der Waals surface area contributed by atoms with Crippen molar-refractivity contribution < 1.29 is 18.0 Å². The number of halogens is 2. The molecule has 27 heavy (non-hydrogen) atoms. The summed E-state index contributed by atoms with van der Waals surface area (Å²) in [7, 11) is 1.38. The number of rotatable bonds is 6. The Bertz CT molecular complexity index is 999. The summed E-state index contributed by atoms with van der Waals surface area (Å²) in [6.45, 7) is 2.94. The minimum absolute atomic E-state index is 0.130. The molecular weight excluding hydrogens is 379 g/mol. The van der Waals surface area contributed by atoms with Crippen LogP contribution in [-0.4, -0.2) is 37.2 Å². The minimum atomic E-state index is -3.06. The molecule has 0 aliphatic carbocycles. The fourth-order valence-electron chi connectivity index (χ4n) is 2.15. The Morgan fingerprint density at radius 1 is 1.26 bits per heavy atom. The smallest absolute Gasteiger partial charge is 0.316 e. The maximum atomic E-state index is 12.8. The first kappa shape index (κ1) is 19.0. The molecule has 0 aromatic carbocycles. The maximum absolute atomic E-state index is 12.8. The molecule has 0 saturated heterocycles. The van der Waals surface area contributed by atoms with Crippen molar-refractivity contribution >= 4 is 9.24 Å². The molecule has 1 atom stereocenters. The van der Waals surface area contributed by atoms with Crippen LogP contribution in [0, 0.1) is 13.8 Å². The number of hydrogen-bond acceptors (Lipinski definition) is 7. The summed E-state index contributed by atoms with van der Waals surface area (Å²) >= 11 is 0. The average Bonchev–Trinajstić information content (AvgIpc) is 2.94. The molecule has 0 bridgehead atoms. The van der Waals surface area contributed by atoms with Crippen LogP contribution in [0.1, 0.15) is 17.0 Å². The van der Waals surface area contributed by atoms with Crippen LogP contribution >= 0.6 is 9.24 Å². The molecule has 11 heteroatoms. The van der Waals surface area contributed by atoms with Crippen LogP contribution in [-0.2, 0) is 6.54 Å². The van der Waals surface area contributed by atoms with E-state index in [-0.39, 0.29) is 18.1 Å². The first-order chi connectivity index (χ1) is 12.7. The Labute approximate surface area is 154 Å². The summed E-state index contributed by atoms with van der Waals surface area (Å²) in [5.74, 6) is 0.539. The highest BCUT2D eigenvalue weighted by Gasteiger charge is 2.22. The number of hydrogen-bond donors (Lipinski definition) is 0. The minimum Gasteiger partial charge on any atom is -0.457 e. The molecule has 3 aromatic heterocycles. The molecule has 0 aliphatic rings. The number of aromatic nitrogens is 5. The first-order valence-corrected chi connectivity index (χ1v) is 8.42. The van der Waals surface area contributed by atoms with E-state index in [0.717, 1.165) is 11.3 Å². The number of aryl methyl sites for hydroxylation is 1. The molecule has 0 N–H and O–H groups in total. The van der Waals surface area contributed by atoms with Gasteiger partial charge in [0.2, 0.25) is 0 Å². The molecule has 3 heterocycles. The van der Waals surface area contributed by atoms with Gasteiger partial charge >= 0.3 is 6.01 Å². The van der Waals surface area contributed by atoms with E-state index in [4.69, 9.17) is 9.26 Å². The molecule has 1 unspecified atom stereocenters. The van der Waals surface area contributed by atoms with E-state index in [2.05, 4.69) is 20.2 Å². The van der Waals surface area contributed by atoms with Gasteiger partial charge in [-0.3, -0.25) is 4.79 Å². The standard InChI is InChI=1S/C16H16F2N5O3P/c1-9-10(2)22-26-13(9)7-23-14(24)4-3-12(21-23)11-5-19-15(20-6-11)25-8-16(17,18)27/h3-6H,7-8,27H2,1-2H3. The third kappa shape index (κ3) is 4.71. The first-order valence-electron chi connectivity index (χ1n) is 7.85. The van der Waals surface area contributed by atoms with Crippen molar-refractivity contribution in [3.05, 3.63) is 51.9 Å². The second-order valence-corrected chi connectivity index (χ2v) is 6.68. The summed E-state index contributed by atoms with van der Waals surface area (Å²) in [6, 6.07) is 2.70. The van der Waals surface area contributed by atoms with Crippen LogP contribution in [0.15, 0.2) is 33.8 Å². The van der Waals surface area contributed by atoms with Crippen LogP contribution in [0.4, 0.5) is 8.78 Å². The van der Waals surface area contributed by atoms with E-state index in [0.29, 0.717) is 17.0 Å². The Balaban J connectivity index is 1.81. The van der Waals surface area contributed by atoms with Crippen molar-refractivity contribution in [2.24, 2.45) is 0 Å². The average molecular weight is 395 g/mol. The zero-order chi connectivity index (χ0) is 19.6. The van der Waals surface area contributed by atoms with Gasteiger partial charge in [-0.1, -0.05) is 14.4 Å². The topological polar surface area (TPSA) is 95.9 Å². The summed E-state index contributed by atoms with van der Waals surface area (Å²) < 4.78 is 36.8. The second kappa shape index (κ2) is 7.48. The molecule has 0 amide bonds. The molecule has 0 radical (unpaired) electrons. The van der Waals surface area contributed by atoms with Gasteiger partial charge in [0.25, 0.3) is 11.2 Å². The SMILES string of the molecule is Cc1noc(Cn2nc(-c3cnc(OCC(F)(F)P)nc3)ccc2=O)c1C. The molecule has 3 rings (SSSR count). The van der Waals surface area contributed by atoms with E-state index in [1.165, 1.54) is 38.4 Å². The lowest BCUT2D eigenvalue weighted by atomic mass is 10.2. The van der Waals surface area contributed by atoms with Crippen molar-refractivity contribution in [1.29, 1.82) is 0 Å². The predicted molar refractivity (Wildman–Crippen MR) is 94.8 cm³/mol. The van der Waals surface area contributed by atoms with Gasteiger partial charge in [-0.15, -0.1) is 0 Å². The molecule has 3 aromatic rings. The predicted octanol–water partition coefficient (Wildman–Crippen LogP) is 2.20. The molecule has 0 spiro atoms. The van der Waals surface area contributed by atoms with Crippen molar-refractivity contribution in [3.8, 4) is 17.3 Å². The lowest BCUT2D eigenvalue weighted by Gasteiger charge is -2.10. The Hall–Kier alpha value is -2.74. The van der Waals surface area contributed by atoms with E-state index >= 15 is 0 Å². The largest absolute Gasteiger partial charge is 0.457 e. The summed E-state index contributed by atoms with van der Waals surface area (Å²) in [5, 5.41) is 8.14. The second-order valence-electron chi connectivity index (χ2n) is 5.83. The van der Waals surface area contributed by atoms with Gasteiger partial charge in [-0.05, 0) is 19.9 Å². The van der Waals surface area contributed by atoms with Crippen molar-refractivity contribution in [2.75, 3.05) is 6.61 Å². The summed E-state index contributed by atoms with van der Waals surface area (Å²) in [5.41, 5.74) is -0.837. The Kier molecular flexibility index (Phi) is 5.27. The molecule has 0 fully saturated rings. The van der Waals surface area contributed by atoms with Crippen LogP contribution in [0.2, 0.25) is 0 Å². The number of alkyl halides is 2. The fraction of sp³-hybridized carbons (Fsp3) is 0.312. The fourth-order valence-corrected chi connectivity index (χ4v) is 2.23. The van der Waals surface area contributed by atoms with Gasteiger partial charge in [-0.25, -0.2) is 14.6 Å². The van der Waals surface area contributed by atoms with Crippen LogP contribution in [0.3, 0.4) is 0 Å².